The van der Waals surface area contributed by atoms with E-state index >= 15 is 0 Å². The quantitative estimate of drug-likeness (QED) is 0.625. The minimum atomic E-state index is -0.617. The van der Waals surface area contributed by atoms with E-state index in [1.807, 2.05) is 0 Å². The van der Waals surface area contributed by atoms with E-state index in [2.05, 4.69) is 10.6 Å². The highest BCUT2D eigenvalue weighted by atomic mass is 35.5. The highest BCUT2D eigenvalue weighted by Crippen LogP contribution is 2.16. The van der Waals surface area contributed by atoms with E-state index in [0.717, 1.165) is 0 Å². The van der Waals surface area contributed by atoms with Gasteiger partial charge in [-0.05, 0) is 26.0 Å². The van der Waals surface area contributed by atoms with Gasteiger partial charge in [0.25, 0.3) is 5.91 Å². The Balaban J connectivity index is 2.37. The van der Waals surface area contributed by atoms with E-state index in [1.54, 1.807) is 38.1 Å². The molecule has 2 amide bonds. The summed E-state index contributed by atoms with van der Waals surface area (Å²) in [4.78, 5) is 23.6. The maximum absolute atomic E-state index is 11.8. The Morgan fingerprint density at radius 1 is 1.15 bits per heavy atom. The zero-order valence-electron chi connectivity index (χ0n) is 11.5. The van der Waals surface area contributed by atoms with Gasteiger partial charge in [0.1, 0.15) is 0 Å². The SMILES string of the molecule is CC(C)(CCl)C(=O)NCCNC(=O)c1ccccc1Cl. The molecule has 0 aliphatic carbocycles. The largest absolute Gasteiger partial charge is 0.354 e. The lowest BCUT2D eigenvalue weighted by atomic mass is 9.95. The molecule has 0 atom stereocenters. The maximum atomic E-state index is 11.8. The number of hydrogen-bond donors (Lipinski definition) is 2. The molecule has 0 saturated carbocycles. The van der Waals surface area contributed by atoms with Gasteiger partial charge in [-0.1, -0.05) is 23.7 Å². The molecular formula is C14H18Cl2N2O2. The van der Waals surface area contributed by atoms with Gasteiger partial charge in [-0.15, -0.1) is 11.6 Å². The number of nitrogens with one attached hydrogen (secondary N) is 2. The fraction of sp³-hybridized carbons (Fsp3) is 0.429. The lowest BCUT2D eigenvalue weighted by Gasteiger charge is -2.20. The number of alkyl halides is 1. The van der Waals surface area contributed by atoms with E-state index < -0.39 is 5.41 Å². The van der Waals surface area contributed by atoms with Crippen molar-refractivity contribution in [3.63, 3.8) is 0 Å². The number of carbonyl (C=O) groups is 2. The highest BCUT2D eigenvalue weighted by Gasteiger charge is 2.25. The van der Waals surface area contributed by atoms with Gasteiger partial charge in [0.15, 0.2) is 0 Å². The smallest absolute Gasteiger partial charge is 0.252 e. The fourth-order valence-corrected chi connectivity index (χ4v) is 1.74. The van der Waals surface area contributed by atoms with Gasteiger partial charge in [0.05, 0.1) is 16.0 Å². The van der Waals surface area contributed by atoms with Gasteiger partial charge in [0.2, 0.25) is 5.91 Å². The molecule has 2 N–H and O–H groups in total. The molecule has 1 aromatic carbocycles. The predicted molar refractivity (Wildman–Crippen MR) is 81.3 cm³/mol. The first-order valence-electron chi connectivity index (χ1n) is 6.25. The Bertz CT molecular complexity index is 490. The summed E-state index contributed by atoms with van der Waals surface area (Å²) in [6.07, 6.45) is 0. The number of halogens is 2. The minimum absolute atomic E-state index is 0.139. The second-order valence-electron chi connectivity index (χ2n) is 5.01. The summed E-state index contributed by atoms with van der Waals surface area (Å²) in [5, 5.41) is 5.82. The van der Waals surface area contributed by atoms with Crippen LogP contribution < -0.4 is 10.6 Å². The molecule has 0 aromatic heterocycles. The number of hydrogen-bond acceptors (Lipinski definition) is 2. The van der Waals surface area contributed by atoms with Crippen molar-refractivity contribution in [2.75, 3.05) is 19.0 Å². The van der Waals surface area contributed by atoms with Crippen LogP contribution in [0.2, 0.25) is 5.02 Å². The summed E-state index contributed by atoms with van der Waals surface area (Å²) in [6.45, 7) is 4.19. The Morgan fingerprint density at radius 2 is 1.75 bits per heavy atom. The van der Waals surface area contributed by atoms with Crippen molar-refractivity contribution in [3.8, 4) is 0 Å². The van der Waals surface area contributed by atoms with Crippen molar-refractivity contribution in [2.45, 2.75) is 13.8 Å². The molecule has 0 aliphatic heterocycles. The van der Waals surface area contributed by atoms with Crippen molar-refractivity contribution >= 4 is 35.0 Å². The van der Waals surface area contributed by atoms with Crippen molar-refractivity contribution < 1.29 is 9.59 Å². The van der Waals surface area contributed by atoms with Gasteiger partial charge >= 0.3 is 0 Å². The fourth-order valence-electron chi connectivity index (χ4n) is 1.39. The van der Waals surface area contributed by atoms with Crippen LogP contribution in [-0.4, -0.2) is 30.8 Å². The average Bonchev–Trinajstić information content (AvgIpc) is 2.43. The van der Waals surface area contributed by atoms with Gasteiger partial charge in [0, 0.05) is 19.0 Å². The van der Waals surface area contributed by atoms with Crippen molar-refractivity contribution in [1.82, 2.24) is 10.6 Å². The molecule has 0 radical (unpaired) electrons. The van der Waals surface area contributed by atoms with Crippen LogP contribution in [0.5, 0.6) is 0 Å². The van der Waals surface area contributed by atoms with Crippen LogP contribution in [0.4, 0.5) is 0 Å². The van der Waals surface area contributed by atoms with Crippen LogP contribution in [0.25, 0.3) is 0 Å². The molecule has 0 heterocycles. The number of rotatable bonds is 6. The first-order chi connectivity index (χ1) is 9.38. The third kappa shape index (κ3) is 4.69. The monoisotopic (exact) mass is 316 g/mol. The molecule has 1 aromatic rings. The molecule has 0 saturated heterocycles. The van der Waals surface area contributed by atoms with Crippen LogP contribution in [0.15, 0.2) is 24.3 Å². The van der Waals surface area contributed by atoms with Gasteiger partial charge in [-0.3, -0.25) is 9.59 Å². The van der Waals surface area contributed by atoms with Crippen LogP contribution in [0.1, 0.15) is 24.2 Å². The Morgan fingerprint density at radius 3 is 2.35 bits per heavy atom. The lowest BCUT2D eigenvalue weighted by molar-refractivity contribution is -0.128. The van der Waals surface area contributed by atoms with E-state index in [1.165, 1.54) is 0 Å². The highest BCUT2D eigenvalue weighted by molar-refractivity contribution is 6.33. The van der Waals surface area contributed by atoms with Crippen LogP contribution in [-0.2, 0) is 4.79 Å². The minimum Gasteiger partial charge on any atom is -0.354 e. The summed E-state index contributed by atoms with van der Waals surface area (Å²) < 4.78 is 0. The second kappa shape index (κ2) is 7.50. The standard InChI is InChI=1S/C14H18Cl2N2O2/c1-14(2,9-15)13(20)18-8-7-17-12(19)10-5-3-4-6-11(10)16/h3-6H,7-9H2,1-2H3,(H,17,19)(H,18,20). The van der Waals surface area contributed by atoms with Crippen LogP contribution >= 0.6 is 23.2 Å². The van der Waals surface area contributed by atoms with Gasteiger partial charge in [-0.2, -0.15) is 0 Å². The van der Waals surface area contributed by atoms with Crippen molar-refractivity contribution in [1.29, 1.82) is 0 Å². The molecule has 0 unspecified atom stereocenters. The second-order valence-corrected chi connectivity index (χ2v) is 5.68. The topological polar surface area (TPSA) is 58.2 Å². The summed E-state index contributed by atoms with van der Waals surface area (Å²) in [6, 6.07) is 6.80. The molecule has 20 heavy (non-hydrogen) atoms. The number of amides is 2. The summed E-state index contributed by atoms with van der Waals surface area (Å²) >= 11 is 11.6. The number of carbonyl (C=O) groups excluding carboxylic acids is 2. The molecule has 0 aliphatic rings. The van der Waals surface area contributed by atoms with Crippen molar-refractivity contribution in [2.24, 2.45) is 5.41 Å². The first kappa shape index (κ1) is 16.8. The Hall–Kier alpha value is -1.26. The van der Waals surface area contributed by atoms with E-state index in [4.69, 9.17) is 23.2 Å². The predicted octanol–water partition coefficient (Wildman–Crippen LogP) is 2.45. The molecule has 6 heteroatoms. The molecular weight excluding hydrogens is 299 g/mol. The third-order valence-electron chi connectivity index (χ3n) is 2.76. The zero-order valence-corrected chi connectivity index (χ0v) is 13.0. The van der Waals surface area contributed by atoms with E-state index in [0.29, 0.717) is 23.7 Å². The molecule has 0 fully saturated rings. The van der Waals surface area contributed by atoms with E-state index in [9.17, 15) is 9.59 Å². The van der Waals surface area contributed by atoms with Crippen molar-refractivity contribution in [3.05, 3.63) is 34.9 Å². The van der Waals surface area contributed by atoms with Crippen LogP contribution in [0.3, 0.4) is 0 Å². The third-order valence-corrected chi connectivity index (χ3v) is 3.76. The summed E-state index contributed by atoms with van der Waals surface area (Å²) in [5.41, 5.74) is -0.199. The lowest BCUT2D eigenvalue weighted by Crippen LogP contribution is -2.42. The average molecular weight is 317 g/mol. The zero-order chi connectivity index (χ0) is 15.2. The molecule has 0 spiro atoms. The van der Waals surface area contributed by atoms with Gasteiger partial charge in [-0.25, -0.2) is 0 Å². The summed E-state index contributed by atoms with van der Waals surface area (Å²) in [5.74, 6) is -0.161. The number of benzene rings is 1. The first-order valence-corrected chi connectivity index (χ1v) is 7.16. The Kier molecular flexibility index (Phi) is 6.30. The maximum Gasteiger partial charge on any atom is 0.252 e. The molecule has 1 rings (SSSR count). The van der Waals surface area contributed by atoms with Crippen LogP contribution in [0, 0.1) is 5.41 Å². The normalized spacial score (nSPS) is 11.0. The molecule has 4 nitrogen and oxygen atoms in total. The Labute approximate surface area is 128 Å². The van der Waals surface area contributed by atoms with Gasteiger partial charge < -0.3 is 10.6 Å². The van der Waals surface area contributed by atoms with E-state index in [-0.39, 0.29) is 17.7 Å². The molecule has 110 valence electrons. The summed E-state index contributed by atoms with van der Waals surface area (Å²) in [7, 11) is 0. The molecule has 0 bridgehead atoms.